The van der Waals surface area contributed by atoms with Gasteiger partial charge in [0, 0.05) is 17.0 Å². The molecule has 2 aromatic rings. The maximum Gasteiger partial charge on any atom is 0.271 e. The van der Waals surface area contributed by atoms with E-state index in [9.17, 15) is 18.4 Å². The van der Waals surface area contributed by atoms with E-state index >= 15 is 0 Å². The van der Waals surface area contributed by atoms with Gasteiger partial charge in [-0.2, -0.15) is 0 Å². The van der Waals surface area contributed by atoms with E-state index in [0.29, 0.717) is 0 Å². The van der Waals surface area contributed by atoms with E-state index in [1.807, 2.05) is 13.8 Å². The SMILES string of the molecule is CC[C@@H](C)NC(=O)c1csc(NC(=O)c2ccc(F)c(F)c2)n1. The minimum Gasteiger partial charge on any atom is -0.348 e. The molecule has 0 aliphatic heterocycles. The first-order valence-electron chi connectivity index (χ1n) is 6.93. The number of halogens is 2. The Kier molecular flexibility index (Phi) is 5.38. The van der Waals surface area contributed by atoms with Crippen molar-refractivity contribution in [2.45, 2.75) is 26.3 Å². The quantitative estimate of drug-likeness (QED) is 0.879. The first kappa shape index (κ1) is 17.0. The summed E-state index contributed by atoms with van der Waals surface area (Å²) in [4.78, 5) is 27.9. The molecular weight excluding hydrogens is 324 g/mol. The number of hydrogen-bond acceptors (Lipinski definition) is 4. The third-order valence-corrected chi connectivity index (χ3v) is 3.89. The van der Waals surface area contributed by atoms with Crippen LogP contribution in [0.2, 0.25) is 0 Å². The van der Waals surface area contributed by atoms with Crippen molar-refractivity contribution in [1.29, 1.82) is 0 Å². The van der Waals surface area contributed by atoms with E-state index in [-0.39, 0.29) is 28.3 Å². The predicted octanol–water partition coefficient (Wildman–Crippen LogP) is 3.20. The molecule has 0 unspecified atom stereocenters. The predicted molar refractivity (Wildman–Crippen MR) is 83.6 cm³/mol. The Morgan fingerprint density at radius 1 is 1.26 bits per heavy atom. The Hall–Kier alpha value is -2.35. The molecular formula is C15H15F2N3O2S. The first-order chi connectivity index (χ1) is 10.9. The van der Waals surface area contributed by atoms with Crippen LogP contribution in [0.1, 0.15) is 41.1 Å². The molecule has 0 aliphatic rings. The minimum atomic E-state index is -1.11. The van der Waals surface area contributed by atoms with Crippen molar-refractivity contribution in [2.24, 2.45) is 0 Å². The maximum absolute atomic E-state index is 13.1. The second-order valence-corrected chi connectivity index (χ2v) is 5.76. The zero-order valence-corrected chi connectivity index (χ0v) is 13.3. The maximum atomic E-state index is 13.1. The highest BCUT2D eigenvalue weighted by Gasteiger charge is 2.15. The van der Waals surface area contributed by atoms with Gasteiger partial charge in [-0.3, -0.25) is 14.9 Å². The lowest BCUT2D eigenvalue weighted by Gasteiger charge is -2.09. The van der Waals surface area contributed by atoms with Gasteiger partial charge in [0.25, 0.3) is 11.8 Å². The van der Waals surface area contributed by atoms with Gasteiger partial charge in [-0.15, -0.1) is 11.3 Å². The topological polar surface area (TPSA) is 71.1 Å². The highest BCUT2D eigenvalue weighted by molar-refractivity contribution is 7.14. The summed E-state index contributed by atoms with van der Waals surface area (Å²) in [5, 5.41) is 6.92. The summed E-state index contributed by atoms with van der Waals surface area (Å²) in [6.45, 7) is 3.81. The van der Waals surface area contributed by atoms with Crippen LogP contribution in [0.15, 0.2) is 23.6 Å². The molecule has 0 fully saturated rings. The lowest BCUT2D eigenvalue weighted by molar-refractivity contribution is 0.0933. The second kappa shape index (κ2) is 7.28. The average molecular weight is 339 g/mol. The van der Waals surface area contributed by atoms with Crippen LogP contribution in [0.3, 0.4) is 0 Å². The normalized spacial score (nSPS) is 11.8. The van der Waals surface area contributed by atoms with Crippen molar-refractivity contribution >= 4 is 28.3 Å². The standard InChI is InChI=1S/C15H15F2N3O2S/c1-3-8(2)18-14(22)12-7-23-15(19-12)20-13(21)9-4-5-10(16)11(17)6-9/h4-8H,3H2,1-2H3,(H,18,22)(H,19,20,21)/t8-/m1/s1. The molecule has 0 saturated heterocycles. The van der Waals surface area contributed by atoms with E-state index in [2.05, 4.69) is 15.6 Å². The molecule has 2 N–H and O–H groups in total. The largest absolute Gasteiger partial charge is 0.348 e. The number of anilines is 1. The zero-order valence-electron chi connectivity index (χ0n) is 12.5. The Morgan fingerprint density at radius 2 is 2.00 bits per heavy atom. The molecule has 23 heavy (non-hydrogen) atoms. The number of benzene rings is 1. The van der Waals surface area contributed by atoms with Crippen LogP contribution in [0.4, 0.5) is 13.9 Å². The summed E-state index contributed by atoms with van der Waals surface area (Å²) in [5.74, 6) is -3.10. The molecule has 1 aromatic heterocycles. The number of rotatable bonds is 5. The molecule has 0 aliphatic carbocycles. The van der Waals surface area contributed by atoms with Crippen LogP contribution in [0.5, 0.6) is 0 Å². The fourth-order valence-electron chi connectivity index (χ4n) is 1.64. The molecule has 1 atom stereocenters. The Morgan fingerprint density at radius 3 is 2.65 bits per heavy atom. The van der Waals surface area contributed by atoms with E-state index in [4.69, 9.17) is 0 Å². The van der Waals surface area contributed by atoms with Gasteiger partial charge in [0.2, 0.25) is 0 Å². The van der Waals surface area contributed by atoms with Gasteiger partial charge in [-0.1, -0.05) is 6.92 Å². The van der Waals surface area contributed by atoms with Crippen molar-refractivity contribution in [3.8, 4) is 0 Å². The van der Waals surface area contributed by atoms with Crippen molar-refractivity contribution in [1.82, 2.24) is 10.3 Å². The van der Waals surface area contributed by atoms with Crippen molar-refractivity contribution in [3.63, 3.8) is 0 Å². The summed E-state index contributed by atoms with van der Waals surface area (Å²) in [6.07, 6.45) is 0.787. The van der Waals surface area contributed by atoms with Crippen LogP contribution in [0.25, 0.3) is 0 Å². The number of thiazole rings is 1. The van der Waals surface area contributed by atoms with E-state index in [1.165, 1.54) is 5.38 Å². The first-order valence-corrected chi connectivity index (χ1v) is 7.81. The minimum absolute atomic E-state index is 0.0180. The Labute approximate surface area is 135 Å². The summed E-state index contributed by atoms with van der Waals surface area (Å²) < 4.78 is 26.0. The molecule has 1 aromatic carbocycles. The van der Waals surface area contributed by atoms with E-state index in [1.54, 1.807) is 0 Å². The van der Waals surface area contributed by atoms with Crippen LogP contribution in [-0.4, -0.2) is 22.8 Å². The summed E-state index contributed by atoms with van der Waals surface area (Å²) in [5.41, 5.74) is 0.153. The number of nitrogens with one attached hydrogen (secondary N) is 2. The monoisotopic (exact) mass is 339 g/mol. The molecule has 122 valence electrons. The van der Waals surface area contributed by atoms with Crippen LogP contribution in [-0.2, 0) is 0 Å². The van der Waals surface area contributed by atoms with Gasteiger partial charge >= 0.3 is 0 Å². The molecule has 2 amide bonds. The highest BCUT2D eigenvalue weighted by atomic mass is 32.1. The molecule has 0 bridgehead atoms. The van der Waals surface area contributed by atoms with Gasteiger partial charge in [0.15, 0.2) is 16.8 Å². The fraction of sp³-hybridized carbons (Fsp3) is 0.267. The third-order valence-electron chi connectivity index (χ3n) is 3.13. The third kappa shape index (κ3) is 4.32. The van der Waals surface area contributed by atoms with Crippen LogP contribution in [0, 0.1) is 11.6 Å². The van der Waals surface area contributed by atoms with E-state index < -0.39 is 17.5 Å². The lowest BCUT2D eigenvalue weighted by Crippen LogP contribution is -2.32. The second-order valence-electron chi connectivity index (χ2n) is 4.90. The molecule has 2 rings (SSSR count). The number of aromatic nitrogens is 1. The van der Waals surface area contributed by atoms with Gasteiger partial charge in [0.05, 0.1) is 0 Å². The van der Waals surface area contributed by atoms with Gasteiger partial charge in [0.1, 0.15) is 5.69 Å². The van der Waals surface area contributed by atoms with Gasteiger partial charge < -0.3 is 5.32 Å². The molecule has 0 radical (unpaired) electrons. The van der Waals surface area contributed by atoms with Crippen molar-refractivity contribution in [2.75, 3.05) is 5.32 Å². The molecule has 0 saturated carbocycles. The Bertz CT molecular complexity index is 733. The van der Waals surface area contributed by atoms with Crippen molar-refractivity contribution < 1.29 is 18.4 Å². The number of amides is 2. The van der Waals surface area contributed by atoms with Crippen LogP contribution < -0.4 is 10.6 Å². The van der Waals surface area contributed by atoms with Gasteiger partial charge in [-0.25, -0.2) is 13.8 Å². The number of carbonyl (C=O) groups excluding carboxylic acids is 2. The Balaban J connectivity index is 2.05. The van der Waals surface area contributed by atoms with Crippen molar-refractivity contribution in [3.05, 3.63) is 46.5 Å². The highest BCUT2D eigenvalue weighted by Crippen LogP contribution is 2.17. The number of carbonyl (C=O) groups is 2. The number of hydrogen-bond donors (Lipinski definition) is 2. The number of nitrogens with zero attached hydrogens (tertiary/aromatic N) is 1. The smallest absolute Gasteiger partial charge is 0.271 e. The molecule has 8 heteroatoms. The molecule has 5 nitrogen and oxygen atoms in total. The lowest BCUT2D eigenvalue weighted by atomic mass is 10.2. The average Bonchev–Trinajstić information content (AvgIpc) is 2.98. The summed E-state index contributed by atoms with van der Waals surface area (Å²) >= 11 is 1.07. The summed E-state index contributed by atoms with van der Waals surface area (Å²) in [6, 6.07) is 2.86. The summed E-state index contributed by atoms with van der Waals surface area (Å²) in [7, 11) is 0. The van der Waals surface area contributed by atoms with E-state index in [0.717, 1.165) is 36.0 Å². The van der Waals surface area contributed by atoms with Crippen LogP contribution >= 0.6 is 11.3 Å². The molecule has 1 heterocycles. The van der Waals surface area contributed by atoms with Gasteiger partial charge in [-0.05, 0) is 31.5 Å². The zero-order chi connectivity index (χ0) is 17.0. The molecule has 0 spiro atoms. The fourth-order valence-corrected chi connectivity index (χ4v) is 2.33.